The molecule has 1 aromatic rings. The Morgan fingerprint density at radius 3 is 2.76 bits per heavy atom. The van der Waals surface area contributed by atoms with E-state index >= 15 is 0 Å². The van der Waals surface area contributed by atoms with E-state index < -0.39 is 0 Å². The van der Waals surface area contributed by atoms with Gasteiger partial charge in [-0.3, -0.25) is 9.59 Å². The van der Waals surface area contributed by atoms with Gasteiger partial charge in [-0.05, 0) is 24.6 Å². The molecule has 0 radical (unpaired) electrons. The zero-order valence-corrected chi connectivity index (χ0v) is 12.6. The monoisotopic (exact) mass is 291 g/mol. The van der Waals surface area contributed by atoms with Crippen LogP contribution in [0.2, 0.25) is 0 Å². The maximum atomic E-state index is 12.2. The van der Waals surface area contributed by atoms with Gasteiger partial charge in [0.05, 0.1) is 13.2 Å². The molecule has 2 rings (SSSR count). The van der Waals surface area contributed by atoms with Crippen LogP contribution in [-0.4, -0.2) is 56.6 Å². The van der Waals surface area contributed by atoms with Crippen LogP contribution in [0.3, 0.4) is 0 Å². The number of hydrogen-bond donors (Lipinski definition) is 2. The number of carbonyl (C=O) groups is 2. The van der Waals surface area contributed by atoms with Crippen LogP contribution in [0.15, 0.2) is 18.2 Å². The van der Waals surface area contributed by atoms with E-state index in [1.807, 2.05) is 13.0 Å². The lowest BCUT2D eigenvalue weighted by Crippen LogP contribution is -2.48. The molecule has 2 N–H and O–H groups in total. The molecule has 0 bridgehead atoms. The van der Waals surface area contributed by atoms with Crippen LogP contribution in [0, 0.1) is 6.92 Å². The predicted octanol–water partition coefficient (Wildman–Crippen LogP) is 0.624. The zero-order chi connectivity index (χ0) is 15.4. The van der Waals surface area contributed by atoms with Crippen LogP contribution >= 0.6 is 0 Å². The Morgan fingerprint density at radius 1 is 1.38 bits per heavy atom. The summed E-state index contributed by atoms with van der Waals surface area (Å²) in [6.07, 6.45) is 0. The van der Waals surface area contributed by atoms with Crippen LogP contribution in [0.25, 0.3) is 0 Å². The molecule has 1 aliphatic rings. The smallest absolute Gasteiger partial charge is 0.253 e. The first-order chi connectivity index (χ1) is 9.99. The highest BCUT2D eigenvalue weighted by molar-refractivity contribution is 5.99. The number of nitrogens with zero attached hydrogens (tertiary/aromatic N) is 1. The average Bonchev–Trinajstić information content (AvgIpc) is 2.49. The number of hydrogen-bond acceptors (Lipinski definition) is 4. The van der Waals surface area contributed by atoms with Crippen molar-refractivity contribution in [3.05, 3.63) is 29.3 Å². The molecular formula is C15H21N3O3. The fraction of sp³-hybridized carbons (Fsp3) is 0.467. The van der Waals surface area contributed by atoms with Crippen molar-refractivity contribution in [1.29, 1.82) is 0 Å². The van der Waals surface area contributed by atoms with Crippen molar-refractivity contribution in [3.63, 3.8) is 0 Å². The Bertz CT molecular complexity index is 537. The maximum Gasteiger partial charge on any atom is 0.253 e. The standard InChI is InChI=1S/C15H21N3O3/c1-10-4-5-11(15(20)18(2)3)8-12(10)17-14(19)13-9-21-7-6-16-13/h4-5,8,13,16H,6-7,9H2,1-3H3,(H,17,19). The predicted molar refractivity (Wildman–Crippen MR) is 80.4 cm³/mol. The van der Waals surface area contributed by atoms with Crippen molar-refractivity contribution in [3.8, 4) is 0 Å². The van der Waals surface area contributed by atoms with Crippen LogP contribution < -0.4 is 10.6 Å². The average molecular weight is 291 g/mol. The molecule has 1 heterocycles. The van der Waals surface area contributed by atoms with Gasteiger partial charge in [0.25, 0.3) is 5.91 Å². The molecule has 0 spiro atoms. The maximum absolute atomic E-state index is 12.2. The van der Waals surface area contributed by atoms with Gasteiger partial charge >= 0.3 is 0 Å². The molecule has 6 nitrogen and oxygen atoms in total. The third-order valence-electron chi connectivity index (χ3n) is 3.39. The lowest BCUT2D eigenvalue weighted by molar-refractivity contribution is -0.120. The Hall–Kier alpha value is -1.92. The molecule has 1 saturated heterocycles. The number of morpholine rings is 1. The van der Waals surface area contributed by atoms with E-state index in [1.54, 1.807) is 26.2 Å². The number of amides is 2. The third kappa shape index (κ3) is 3.80. The van der Waals surface area contributed by atoms with E-state index in [0.29, 0.717) is 31.0 Å². The molecular weight excluding hydrogens is 270 g/mol. The van der Waals surface area contributed by atoms with Crippen molar-refractivity contribution in [2.75, 3.05) is 39.2 Å². The molecule has 0 aliphatic carbocycles. The third-order valence-corrected chi connectivity index (χ3v) is 3.39. The topological polar surface area (TPSA) is 70.7 Å². The molecule has 1 atom stereocenters. The van der Waals surface area contributed by atoms with Gasteiger partial charge in [-0.15, -0.1) is 0 Å². The van der Waals surface area contributed by atoms with Gasteiger partial charge in [0.15, 0.2) is 0 Å². The number of aryl methyl sites for hydroxylation is 1. The van der Waals surface area contributed by atoms with Crippen molar-refractivity contribution in [1.82, 2.24) is 10.2 Å². The highest BCUT2D eigenvalue weighted by Gasteiger charge is 2.22. The fourth-order valence-corrected chi connectivity index (χ4v) is 2.10. The number of carbonyl (C=O) groups excluding carboxylic acids is 2. The molecule has 1 unspecified atom stereocenters. The largest absolute Gasteiger partial charge is 0.378 e. The van der Waals surface area contributed by atoms with Gasteiger partial charge in [0.1, 0.15) is 6.04 Å². The van der Waals surface area contributed by atoms with Gasteiger partial charge in [-0.2, -0.15) is 0 Å². The molecule has 2 amide bonds. The summed E-state index contributed by atoms with van der Waals surface area (Å²) in [4.78, 5) is 25.7. The number of rotatable bonds is 3. The second-order valence-corrected chi connectivity index (χ2v) is 5.30. The summed E-state index contributed by atoms with van der Waals surface area (Å²) in [6.45, 7) is 3.54. The SMILES string of the molecule is Cc1ccc(C(=O)N(C)C)cc1NC(=O)C1COCCN1. The molecule has 6 heteroatoms. The van der Waals surface area contributed by atoms with Gasteiger partial charge in [-0.25, -0.2) is 0 Å². The van der Waals surface area contributed by atoms with Crippen LogP contribution in [0.5, 0.6) is 0 Å². The zero-order valence-electron chi connectivity index (χ0n) is 12.6. The highest BCUT2D eigenvalue weighted by atomic mass is 16.5. The molecule has 114 valence electrons. The Balaban J connectivity index is 2.13. The van der Waals surface area contributed by atoms with Crippen molar-refractivity contribution < 1.29 is 14.3 Å². The normalized spacial score (nSPS) is 18.1. The minimum absolute atomic E-state index is 0.0929. The second kappa shape index (κ2) is 6.69. The Labute approximate surface area is 124 Å². The summed E-state index contributed by atoms with van der Waals surface area (Å²) in [5.74, 6) is -0.239. The van der Waals surface area contributed by atoms with E-state index in [2.05, 4.69) is 10.6 Å². The summed E-state index contributed by atoms with van der Waals surface area (Å²) in [5, 5.41) is 5.96. The molecule has 1 aromatic carbocycles. The molecule has 21 heavy (non-hydrogen) atoms. The summed E-state index contributed by atoms with van der Waals surface area (Å²) in [6, 6.07) is 4.94. The first-order valence-corrected chi connectivity index (χ1v) is 6.93. The summed E-state index contributed by atoms with van der Waals surface area (Å²) in [5.41, 5.74) is 2.12. The molecule has 0 saturated carbocycles. The van der Waals surface area contributed by atoms with Crippen LogP contribution in [-0.2, 0) is 9.53 Å². The first-order valence-electron chi connectivity index (χ1n) is 6.93. The van der Waals surface area contributed by atoms with E-state index in [9.17, 15) is 9.59 Å². The summed E-state index contributed by atoms with van der Waals surface area (Å²) < 4.78 is 5.28. The highest BCUT2D eigenvalue weighted by Crippen LogP contribution is 2.18. The Kier molecular flexibility index (Phi) is 4.93. The molecule has 1 aliphatic heterocycles. The van der Waals surface area contributed by atoms with Crippen LogP contribution in [0.4, 0.5) is 5.69 Å². The van der Waals surface area contributed by atoms with Gasteiger partial charge in [0, 0.05) is 31.9 Å². The molecule has 0 aromatic heterocycles. The van der Waals surface area contributed by atoms with E-state index in [-0.39, 0.29) is 17.9 Å². The van der Waals surface area contributed by atoms with Gasteiger partial charge < -0.3 is 20.3 Å². The quantitative estimate of drug-likeness (QED) is 0.856. The Morgan fingerprint density at radius 2 is 2.14 bits per heavy atom. The van der Waals surface area contributed by atoms with Crippen molar-refractivity contribution >= 4 is 17.5 Å². The lowest BCUT2D eigenvalue weighted by Gasteiger charge is -2.23. The number of anilines is 1. The number of benzene rings is 1. The number of ether oxygens (including phenoxy) is 1. The molecule has 1 fully saturated rings. The summed E-state index contributed by atoms with van der Waals surface area (Å²) >= 11 is 0. The van der Waals surface area contributed by atoms with E-state index in [1.165, 1.54) is 4.90 Å². The van der Waals surface area contributed by atoms with Gasteiger partial charge in [-0.1, -0.05) is 6.07 Å². The van der Waals surface area contributed by atoms with E-state index in [4.69, 9.17) is 4.74 Å². The minimum atomic E-state index is -0.355. The first kappa shape index (κ1) is 15.5. The van der Waals surface area contributed by atoms with Crippen LogP contribution in [0.1, 0.15) is 15.9 Å². The fourth-order valence-electron chi connectivity index (χ4n) is 2.10. The second-order valence-electron chi connectivity index (χ2n) is 5.30. The lowest BCUT2D eigenvalue weighted by atomic mass is 10.1. The van der Waals surface area contributed by atoms with Crippen molar-refractivity contribution in [2.24, 2.45) is 0 Å². The summed E-state index contributed by atoms with van der Waals surface area (Å²) in [7, 11) is 3.40. The van der Waals surface area contributed by atoms with Gasteiger partial charge in [0.2, 0.25) is 5.91 Å². The minimum Gasteiger partial charge on any atom is -0.378 e. The number of nitrogens with one attached hydrogen (secondary N) is 2. The van der Waals surface area contributed by atoms with Crippen molar-refractivity contribution in [2.45, 2.75) is 13.0 Å². The van der Waals surface area contributed by atoms with E-state index in [0.717, 1.165) is 5.56 Å².